The molecule has 28 heavy (non-hydrogen) atoms. The van der Waals surface area contributed by atoms with E-state index in [9.17, 15) is 13.6 Å². The molecule has 2 fully saturated rings. The summed E-state index contributed by atoms with van der Waals surface area (Å²) in [6, 6.07) is 13.5. The van der Waals surface area contributed by atoms with Crippen LogP contribution in [0.4, 0.5) is 8.78 Å². The van der Waals surface area contributed by atoms with Gasteiger partial charge < -0.3 is 9.64 Å². The molecule has 1 spiro atoms. The van der Waals surface area contributed by atoms with Crippen LogP contribution in [0.15, 0.2) is 48.5 Å². The van der Waals surface area contributed by atoms with Crippen LogP contribution in [0.5, 0.6) is 0 Å². The molecular weight excluding hydrogens is 362 g/mol. The van der Waals surface area contributed by atoms with Gasteiger partial charge in [-0.05, 0) is 23.8 Å². The summed E-state index contributed by atoms with van der Waals surface area (Å²) in [6.45, 7) is 3.78. The fourth-order valence-electron chi connectivity index (χ4n) is 4.25. The average Bonchev–Trinajstić information content (AvgIpc) is 2.84. The van der Waals surface area contributed by atoms with E-state index in [2.05, 4.69) is 4.90 Å². The lowest BCUT2D eigenvalue weighted by Gasteiger charge is -2.31. The molecule has 2 aliphatic rings. The van der Waals surface area contributed by atoms with Crippen LogP contribution in [0, 0.1) is 17.0 Å². The smallest absolute Gasteiger partial charge is 0.223 e. The van der Waals surface area contributed by atoms with E-state index in [1.807, 2.05) is 35.2 Å². The van der Waals surface area contributed by atoms with Crippen molar-refractivity contribution in [2.24, 2.45) is 5.41 Å². The highest BCUT2D eigenvalue weighted by Gasteiger charge is 2.45. The van der Waals surface area contributed by atoms with Crippen molar-refractivity contribution >= 4 is 5.91 Å². The van der Waals surface area contributed by atoms with Gasteiger partial charge in [0.05, 0.1) is 13.2 Å². The highest BCUT2D eigenvalue weighted by atomic mass is 19.1. The van der Waals surface area contributed by atoms with Gasteiger partial charge in [-0.25, -0.2) is 8.78 Å². The third-order valence-electron chi connectivity index (χ3n) is 5.54. The van der Waals surface area contributed by atoms with Crippen molar-refractivity contribution in [3.05, 3.63) is 71.3 Å². The predicted molar refractivity (Wildman–Crippen MR) is 101 cm³/mol. The molecule has 6 heteroatoms. The molecule has 2 aromatic rings. The number of benzene rings is 2. The second-order valence-corrected chi connectivity index (χ2v) is 7.91. The molecule has 0 aliphatic carbocycles. The number of carbonyl (C=O) groups excluding carboxylic acids is 1. The Labute approximate surface area is 163 Å². The van der Waals surface area contributed by atoms with Crippen LogP contribution in [-0.4, -0.2) is 48.6 Å². The van der Waals surface area contributed by atoms with Gasteiger partial charge in [0.15, 0.2) is 0 Å². The van der Waals surface area contributed by atoms with E-state index in [1.165, 1.54) is 6.07 Å². The molecule has 4 rings (SSSR count). The number of hydrogen-bond donors (Lipinski definition) is 0. The Hall–Kier alpha value is -2.31. The molecule has 0 bridgehead atoms. The number of hydrogen-bond acceptors (Lipinski definition) is 3. The summed E-state index contributed by atoms with van der Waals surface area (Å²) in [5.74, 6) is -0.734. The van der Waals surface area contributed by atoms with Gasteiger partial charge in [0.1, 0.15) is 11.6 Å². The summed E-state index contributed by atoms with van der Waals surface area (Å²) in [6.07, 6.45) is 0.419. The molecule has 2 saturated heterocycles. The fourth-order valence-corrected chi connectivity index (χ4v) is 4.25. The first kappa shape index (κ1) is 19.0. The van der Waals surface area contributed by atoms with E-state index in [-0.39, 0.29) is 11.3 Å². The highest BCUT2D eigenvalue weighted by molar-refractivity contribution is 5.79. The van der Waals surface area contributed by atoms with Crippen LogP contribution in [0.1, 0.15) is 17.5 Å². The average molecular weight is 386 g/mol. The van der Waals surface area contributed by atoms with Gasteiger partial charge in [-0.15, -0.1) is 0 Å². The molecule has 0 N–H and O–H groups in total. The maximum absolute atomic E-state index is 14.1. The van der Waals surface area contributed by atoms with Crippen molar-refractivity contribution in [3.8, 4) is 0 Å². The third-order valence-corrected chi connectivity index (χ3v) is 5.54. The summed E-state index contributed by atoms with van der Waals surface area (Å²) < 4.78 is 33.4. The molecule has 0 aromatic heterocycles. The van der Waals surface area contributed by atoms with E-state index in [0.29, 0.717) is 57.9 Å². The molecular formula is C22H24F2N2O2. The Morgan fingerprint density at radius 3 is 2.68 bits per heavy atom. The maximum Gasteiger partial charge on any atom is 0.223 e. The van der Waals surface area contributed by atoms with E-state index < -0.39 is 11.6 Å². The molecule has 0 unspecified atom stereocenters. The first-order valence-corrected chi connectivity index (χ1v) is 9.59. The highest BCUT2D eigenvalue weighted by Crippen LogP contribution is 2.35. The number of halogens is 2. The largest absolute Gasteiger partial charge is 0.379 e. The van der Waals surface area contributed by atoms with Crippen LogP contribution in [-0.2, 0) is 22.6 Å². The Morgan fingerprint density at radius 2 is 1.86 bits per heavy atom. The van der Waals surface area contributed by atoms with E-state index in [4.69, 9.17) is 4.74 Å². The Morgan fingerprint density at radius 1 is 1.04 bits per heavy atom. The molecule has 2 aliphatic heterocycles. The number of amides is 1. The van der Waals surface area contributed by atoms with Crippen molar-refractivity contribution in [2.45, 2.75) is 19.5 Å². The summed E-state index contributed by atoms with van der Waals surface area (Å²) in [5, 5.41) is 0. The van der Waals surface area contributed by atoms with Crippen molar-refractivity contribution in [1.82, 2.24) is 9.80 Å². The van der Waals surface area contributed by atoms with Gasteiger partial charge in [-0.1, -0.05) is 30.3 Å². The summed E-state index contributed by atoms with van der Waals surface area (Å²) in [4.78, 5) is 16.6. The quantitative estimate of drug-likeness (QED) is 0.809. The minimum absolute atomic E-state index is 0.117. The minimum Gasteiger partial charge on any atom is -0.379 e. The number of nitrogens with zero attached hydrogens (tertiary/aromatic N) is 2. The lowest BCUT2D eigenvalue weighted by molar-refractivity contribution is -0.128. The Kier molecular flexibility index (Phi) is 5.42. The fraction of sp³-hybridized carbons (Fsp3) is 0.409. The lowest BCUT2D eigenvalue weighted by Crippen LogP contribution is -2.40. The van der Waals surface area contributed by atoms with Crippen molar-refractivity contribution < 1.29 is 18.3 Å². The van der Waals surface area contributed by atoms with Gasteiger partial charge in [-0.3, -0.25) is 9.69 Å². The van der Waals surface area contributed by atoms with Gasteiger partial charge in [0, 0.05) is 50.1 Å². The van der Waals surface area contributed by atoms with Crippen LogP contribution in [0.3, 0.4) is 0 Å². The predicted octanol–water partition coefficient (Wildman–Crippen LogP) is 3.22. The Bertz CT molecular complexity index is 846. The maximum atomic E-state index is 14.1. The van der Waals surface area contributed by atoms with Gasteiger partial charge >= 0.3 is 0 Å². The van der Waals surface area contributed by atoms with Crippen LogP contribution in [0.25, 0.3) is 0 Å². The van der Waals surface area contributed by atoms with Crippen molar-refractivity contribution in [3.63, 3.8) is 0 Å². The molecule has 1 atom stereocenters. The number of ether oxygens (including phenoxy) is 1. The van der Waals surface area contributed by atoms with Gasteiger partial charge in [-0.2, -0.15) is 0 Å². The zero-order valence-electron chi connectivity index (χ0n) is 15.7. The summed E-state index contributed by atoms with van der Waals surface area (Å²) in [5.41, 5.74) is 1.12. The SMILES string of the molecule is O=C1C[C@]2(COCCN(Cc3cc(F)ccc3F)C2)CN1Cc1ccccc1. The lowest BCUT2D eigenvalue weighted by atomic mass is 9.87. The molecule has 2 heterocycles. The summed E-state index contributed by atoms with van der Waals surface area (Å²) in [7, 11) is 0. The third kappa shape index (κ3) is 4.23. The number of rotatable bonds is 4. The van der Waals surface area contributed by atoms with Crippen molar-refractivity contribution in [1.29, 1.82) is 0 Å². The van der Waals surface area contributed by atoms with E-state index in [1.54, 1.807) is 0 Å². The van der Waals surface area contributed by atoms with Crippen molar-refractivity contribution in [2.75, 3.05) is 32.8 Å². The molecule has 1 amide bonds. The van der Waals surface area contributed by atoms with Crippen LogP contribution < -0.4 is 0 Å². The molecule has 148 valence electrons. The molecule has 4 nitrogen and oxygen atoms in total. The first-order chi connectivity index (χ1) is 13.5. The topological polar surface area (TPSA) is 32.8 Å². The Balaban J connectivity index is 1.47. The zero-order chi connectivity index (χ0) is 19.6. The van der Waals surface area contributed by atoms with Crippen LogP contribution >= 0.6 is 0 Å². The normalized spacial score (nSPS) is 23.4. The van der Waals surface area contributed by atoms with E-state index in [0.717, 1.165) is 17.7 Å². The van der Waals surface area contributed by atoms with Gasteiger partial charge in [0.25, 0.3) is 0 Å². The monoisotopic (exact) mass is 386 g/mol. The summed E-state index contributed by atoms with van der Waals surface area (Å²) >= 11 is 0. The molecule has 2 aromatic carbocycles. The molecule has 0 saturated carbocycles. The second-order valence-electron chi connectivity index (χ2n) is 7.91. The zero-order valence-corrected chi connectivity index (χ0v) is 15.7. The molecule has 0 radical (unpaired) electrons. The first-order valence-electron chi connectivity index (χ1n) is 9.59. The second kappa shape index (κ2) is 7.97. The van der Waals surface area contributed by atoms with E-state index >= 15 is 0 Å². The minimum atomic E-state index is -0.442. The standard InChI is InChI=1S/C22H24F2N2O2/c23-19-6-7-20(24)18(10-19)13-25-8-9-28-16-22(14-25)11-21(27)26(15-22)12-17-4-2-1-3-5-17/h1-7,10H,8-9,11-16H2/t22-/m1/s1. The number of carbonyl (C=O) groups is 1. The van der Waals surface area contributed by atoms with Crippen LogP contribution in [0.2, 0.25) is 0 Å². The van der Waals surface area contributed by atoms with Gasteiger partial charge in [0.2, 0.25) is 5.91 Å². The number of likely N-dealkylation sites (tertiary alicyclic amines) is 1.